The molecule has 106 valence electrons. The summed E-state index contributed by atoms with van der Waals surface area (Å²) in [5, 5.41) is 20.6. The number of benzene rings is 2. The van der Waals surface area contributed by atoms with Gasteiger partial charge < -0.3 is 10.2 Å². The molecular formula is C18H22O2. The van der Waals surface area contributed by atoms with Crippen LogP contribution in [0.4, 0.5) is 0 Å². The van der Waals surface area contributed by atoms with Gasteiger partial charge in [-0.2, -0.15) is 0 Å². The number of phenolic OH excluding ortho intramolecular Hbond substituents is 2. The summed E-state index contributed by atoms with van der Waals surface area (Å²) in [6, 6.07) is 11.1. The summed E-state index contributed by atoms with van der Waals surface area (Å²) in [4.78, 5) is 0. The first-order valence-corrected chi connectivity index (χ1v) is 7.31. The summed E-state index contributed by atoms with van der Waals surface area (Å²) in [5.41, 5.74) is 3.64. The molecule has 0 saturated heterocycles. The van der Waals surface area contributed by atoms with Crippen LogP contribution >= 0.6 is 0 Å². The minimum atomic E-state index is 0.202. The SMILES string of the molecule is CCCc1ccc(-c2ccccc2O)c(O)c1CCC. The van der Waals surface area contributed by atoms with Crippen molar-refractivity contribution in [3.8, 4) is 22.6 Å². The van der Waals surface area contributed by atoms with E-state index in [0.29, 0.717) is 16.9 Å². The Morgan fingerprint density at radius 1 is 0.800 bits per heavy atom. The second-order valence-electron chi connectivity index (χ2n) is 5.12. The molecule has 0 aromatic heterocycles. The lowest BCUT2D eigenvalue weighted by atomic mass is 9.92. The highest BCUT2D eigenvalue weighted by atomic mass is 16.3. The van der Waals surface area contributed by atoms with Crippen LogP contribution in [0.3, 0.4) is 0 Å². The molecule has 0 saturated carbocycles. The maximum absolute atomic E-state index is 10.6. The van der Waals surface area contributed by atoms with E-state index in [-0.39, 0.29) is 5.75 Å². The van der Waals surface area contributed by atoms with E-state index in [2.05, 4.69) is 19.9 Å². The number of hydrogen-bond acceptors (Lipinski definition) is 2. The van der Waals surface area contributed by atoms with Gasteiger partial charge in [-0.1, -0.05) is 57.0 Å². The van der Waals surface area contributed by atoms with Crippen molar-refractivity contribution in [3.05, 3.63) is 47.5 Å². The van der Waals surface area contributed by atoms with E-state index < -0.39 is 0 Å². The third kappa shape index (κ3) is 2.79. The average molecular weight is 270 g/mol. The normalized spacial score (nSPS) is 10.7. The molecule has 2 N–H and O–H groups in total. The highest BCUT2D eigenvalue weighted by Crippen LogP contribution is 2.39. The van der Waals surface area contributed by atoms with Gasteiger partial charge in [0.25, 0.3) is 0 Å². The molecule has 0 heterocycles. The van der Waals surface area contributed by atoms with Crippen LogP contribution in [0.1, 0.15) is 37.8 Å². The first-order valence-electron chi connectivity index (χ1n) is 7.31. The number of hydrogen-bond donors (Lipinski definition) is 2. The fourth-order valence-electron chi connectivity index (χ4n) is 2.63. The van der Waals surface area contributed by atoms with Gasteiger partial charge in [-0.25, -0.2) is 0 Å². The summed E-state index contributed by atoms with van der Waals surface area (Å²) in [5.74, 6) is 0.521. The lowest BCUT2D eigenvalue weighted by Crippen LogP contribution is -1.96. The van der Waals surface area contributed by atoms with Gasteiger partial charge in [-0.05, 0) is 30.0 Å². The van der Waals surface area contributed by atoms with E-state index in [0.717, 1.165) is 31.2 Å². The first-order chi connectivity index (χ1) is 9.69. The number of aryl methyl sites for hydroxylation is 1. The summed E-state index contributed by atoms with van der Waals surface area (Å²) in [6.07, 6.45) is 3.90. The predicted octanol–water partition coefficient (Wildman–Crippen LogP) is 4.67. The van der Waals surface area contributed by atoms with Crippen molar-refractivity contribution in [1.82, 2.24) is 0 Å². The maximum atomic E-state index is 10.6. The number of para-hydroxylation sites is 1. The van der Waals surface area contributed by atoms with Gasteiger partial charge in [0, 0.05) is 11.1 Å². The molecule has 0 aliphatic heterocycles. The Kier molecular flexibility index (Phi) is 4.67. The van der Waals surface area contributed by atoms with Gasteiger partial charge in [0.15, 0.2) is 0 Å². The second-order valence-corrected chi connectivity index (χ2v) is 5.12. The van der Waals surface area contributed by atoms with Gasteiger partial charge in [0.2, 0.25) is 0 Å². The predicted molar refractivity (Wildman–Crippen MR) is 83.2 cm³/mol. The van der Waals surface area contributed by atoms with E-state index >= 15 is 0 Å². The molecule has 0 bridgehead atoms. The molecule has 20 heavy (non-hydrogen) atoms. The Morgan fingerprint density at radius 2 is 1.50 bits per heavy atom. The summed E-state index contributed by atoms with van der Waals surface area (Å²) in [6.45, 7) is 4.26. The van der Waals surface area contributed by atoms with Crippen molar-refractivity contribution < 1.29 is 10.2 Å². The van der Waals surface area contributed by atoms with Gasteiger partial charge in [-0.3, -0.25) is 0 Å². The van der Waals surface area contributed by atoms with Gasteiger partial charge >= 0.3 is 0 Å². The van der Waals surface area contributed by atoms with Crippen molar-refractivity contribution in [3.63, 3.8) is 0 Å². The van der Waals surface area contributed by atoms with Crippen LogP contribution in [-0.2, 0) is 12.8 Å². The Balaban J connectivity index is 2.56. The molecule has 2 rings (SSSR count). The number of rotatable bonds is 5. The van der Waals surface area contributed by atoms with Crippen molar-refractivity contribution in [2.24, 2.45) is 0 Å². The monoisotopic (exact) mass is 270 g/mol. The largest absolute Gasteiger partial charge is 0.507 e. The topological polar surface area (TPSA) is 40.5 Å². The molecule has 0 aliphatic rings. The summed E-state index contributed by atoms with van der Waals surface area (Å²) in [7, 11) is 0. The third-order valence-electron chi connectivity index (χ3n) is 3.59. The Hall–Kier alpha value is -1.96. The first kappa shape index (κ1) is 14.4. The maximum Gasteiger partial charge on any atom is 0.126 e. The van der Waals surface area contributed by atoms with E-state index in [9.17, 15) is 10.2 Å². The quantitative estimate of drug-likeness (QED) is 0.828. The molecule has 2 nitrogen and oxygen atoms in total. The van der Waals surface area contributed by atoms with Gasteiger partial charge in [0.1, 0.15) is 11.5 Å². The van der Waals surface area contributed by atoms with Crippen LogP contribution in [-0.4, -0.2) is 10.2 Å². The van der Waals surface area contributed by atoms with Crippen LogP contribution in [0.5, 0.6) is 11.5 Å². The molecule has 0 spiro atoms. The lowest BCUT2D eigenvalue weighted by molar-refractivity contribution is 0.463. The molecule has 0 radical (unpaired) electrons. The standard InChI is InChI=1S/C18H22O2/c1-3-7-13-11-12-16(18(20)14(13)8-4-2)15-9-5-6-10-17(15)19/h5-6,9-12,19-20H,3-4,7-8H2,1-2H3. The molecular weight excluding hydrogens is 248 g/mol. The Labute approximate surface area is 120 Å². The van der Waals surface area contributed by atoms with Crippen molar-refractivity contribution in [1.29, 1.82) is 0 Å². The zero-order valence-corrected chi connectivity index (χ0v) is 12.2. The highest BCUT2D eigenvalue weighted by molar-refractivity contribution is 5.77. The zero-order valence-electron chi connectivity index (χ0n) is 12.2. The van der Waals surface area contributed by atoms with Crippen LogP contribution in [0.25, 0.3) is 11.1 Å². The van der Waals surface area contributed by atoms with Crippen LogP contribution < -0.4 is 0 Å². The second kappa shape index (κ2) is 6.47. The zero-order chi connectivity index (χ0) is 14.5. The molecule has 2 aromatic carbocycles. The van der Waals surface area contributed by atoms with Gasteiger partial charge in [-0.15, -0.1) is 0 Å². The molecule has 0 unspecified atom stereocenters. The van der Waals surface area contributed by atoms with E-state index in [1.807, 2.05) is 18.2 Å². The Bertz CT molecular complexity index is 588. The fraction of sp³-hybridized carbons (Fsp3) is 0.333. The van der Waals surface area contributed by atoms with E-state index in [1.165, 1.54) is 5.56 Å². The average Bonchev–Trinajstić information content (AvgIpc) is 2.44. The molecule has 0 fully saturated rings. The molecule has 2 aromatic rings. The summed E-state index contributed by atoms with van der Waals surface area (Å²) >= 11 is 0. The van der Waals surface area contributed by atoms with Crippen molar-refractivity contribution >= 4 is 0 Å². The molecule has 2 heteroatoms. The summed E-state index contributed by atoms with van der Waals surface area (Å²) < 4.78 is 0. The van der Waals surface area contributed by atoms with Crippen LogP contribution in [0.2, 0.25) is 0 Å². The fourth-order valence-corrected chi connectivity index (χ4v) is 2.63. The lowest BCUT2D eigenvalue weighted by Gasteiger charge is -2.15. The Morgan fingerprint density at radius 3 is 2.15 bits per heavy atom. The third-order valence-corrected chi connectivity index (χ3v) is 3.59. The number of aromatic hydroxyl groups is 2. The number of phenols is 2. The van der Waals surface area contributed by atoms with E-state index in [1.54, 1.807) is 12.1 Å². The van der Waals surface area contributed by atoms with Gasteiger partial charge in [0.05, 0.1) is 0 Å². The van der Waals surface area contributed by atoms with Crippen molar-refractivity contribution in [2.75, 3.05) is 0 Å². The van der Waals surface area contributed by atoms with Crippen LogP contribution in [0.15, 0.2) is 36.4 Å². The minimum absolute atomic E-state index is 0.202. The molecule has 0 amide bonds. The van der Waals surface area contributed by atoms with E-state index in [4.69, 9.17) is 0 Å². The smallest absolute Gasteiger partial charge is 0.126 e. The molecule has 0 aliphatic carbocycles. The molecule has 0 atom stereocenters. The minimum Gasteiger partial charge on any atom is -0.507 e. The highest BCUT2D eigenvalue weighted by Gasteiger charge is 2.14. The van der Waals surface area contributed by atoms with Crippen molar-refractivity contribution in [2.45, 2.75) is 39.5 Å². The van der Waals surface area contributed by atoms with Crippen LogP contribution in [0, 0.1) is 0 Å².